The van der Waals surface area contributed by atoms with Crippen LogP contribution >= 0.6 is 23.2 Å². The molecule has 76 valence electrons. The van der Waals surface area contributed by atoms with Gasteiger partial charge in [0, 0.05) is 6.20 Å². The minimum atomic E-state index is -0.275. The molecule has 0 aliphatic rings. The molecule has 5 heteroatoms. The van der Waals surface area contributed by atoms with Crippen LogP contribution in [0, 0.1) is 0 Å². The molecule has 2 aromatic heterocycles. The molecule has 0 aliphatic carbocycles. The van der Waals surface area contributed by atoms with Crippen LogP contribution in [0.25, 0.3) is 5.69 Å². The summed E-state index contributed by atoms with van der Waals surface area (Å²) in [7, 11) is 0. The van der Waals surface area contributed by atoms with Crippen molar-refractivity contribution in [2.24, 2.45) is 0 Å². The van der Waals surface area contributed by atoms with Crippen molar-refractivity contribution in [2.45, 2.75) is 0 Å². The monoisotopic (exact) mass is 240 g/mol. The smallest absolute Gasteiger partial charge is 0.273 e. The number of nitrogens with zero attached hydrogens (tertiary/aromatic N) is 2. The molecule has 2 heterocycles. The van der Waals surface area contributed by atoms with Gasteiger partial charge in [-0.25, -0.2) is 4.98 Å². The fourth-order valence-corrected chi connectivity index (χ4v) is 1.46. The average molecular weight is 241 g/mol. The van der Waals surface area contributed by atoms with E-state index in [2.05, 4.69) is 4.98 Å². The second-order valence-corrected chi connectivity index (χ2v) is 3.66. The predicted molar refractivity (Wildman–Crippen MR) is 59.9 cm³/mol. The van der Waals surface area contributed by atoms with Gasteiger partial charge in [0.15, 0.2) is 0 Å². The third-order valence-electron chi connectivity index (χ3n) is 1.89. The van der Waals surface area contributed by atoms with E-state index >= 15 is 0 Å². The standard InChI is InChI=1S/C10H6Cl2N2O/c11-8-2-1-5-14(10(8)15)7-3-4-9(12)13-6-7/h1-6H. The van der Waals surface area contributed by atoms with E-state index in [-0.39, 0.29) is 10.6 Å². The highest BCUT2D eigenvalue weighted by molar-refractivity contribution is 6.30. The van der Waals surface area contributed by atoms with Crippen molar-refractivity contribution in [3.63, 3.8) is 0 Å². The molecule has 0 unspecified atom stereocenters. The van der Waals surface area contributed by atoms with Crippen LogP contribution in [0.2, 0.25) is 10.2 Å². The number of rotatable bonds is 1. The van der Waals surface area contributed by atoms with Crippen molar-refractivity contribution in [2.75, 3.05) is 0 Å². The quantitative estimate of drug-likeness (QED) is 0.719. The van der Waals surface area contributed by atoms with Crippen LogP contribution in [-0.2, 0) is 0 Å². The predicted octanol–water partition coefficient (Wildman–Crippen LogP) is 2.54. The second kappa shape index (κ2) is 4.04. The molecule has 0 spiro atoms. The fourth-order valence-electron chi connectivity index (χ4n) is 1.18. The van der Waals surface area contributed by atoms with Crippen LogP contribution in [0.3, 0.4) is 0 Å². The number of halogens is 2. The molecule has 3 nitrogen and oxygen atoms in total. The highest BCUT2D eigenvalue weighted by Crippen LogP contribution is 2.09. The Balaban J connectivity index is 2.59. The third-order valence-corrected chi connectivity index (χ3v) is 2.40. The summed E-state index contributed by atoms with van der Waals surface area (Å²) in [6.45, 7) is 0. The van der Waals surface area contributed by atoms with Crippen molar-refractivity contribution < 1.29 is 0 Å². The molecule has 0 amide bonds. The zero-order chi connectivity index (χ0) is 10.8. The maximum Gasteiger partial charge on any atom is 0.273 e. The van der Waals surface area contributed by atoms with Gasteiger partial charge in [-0.15, -0.1) is 0 Å². The summed E-state index contributed by atoms with van der Waals surface area (Å²) >= 11 is 11.4. The van der Waals surface area contributed by atoms with Crippen LogP contribution in [0.5, 0.6) is 0 Å². The van der Waals surface area contributed by atoms with Crippen LogP contribution in [0.4, 0.5) is 0 Å². The molecule has 2 aromatic rings. The summed E-state index contributed by atoms with van der Waals surface area (Å²) in [4.78, 5) is 15.5. The SMILES string of the molecule is O=c1c(Cl)cccn1-c1ccc(Cl)nc1. The largest absolute Gasteiger partial charge is 0.281 e. The summed E-state index contributed by atoms with van der Waals surface area (Å²) in [5.41, 5.74) is 0.357. The summed E-state index contributed by atoms with van der Waals surface area (Å²) in [6.07, 6.45) is 3.14. The first kappa shape index (κ1) is 10.2. The highest BCUT2D eigenvalue weighted by Gasteiger charge is 2.02. The van der Waals surface area contributed by atoms with Gasteiger partial charge in [0.25, 0.3) is 5.56 Å². The first-order valence-electron chi connectivity index (χ1n) is 4.17. The van der Waals surface area contributed by atoms with Gasteiger partial charge in [0.2, 0.25) is 0 Å². The van der Waals surface area contributed by atoms with Gasteiger partial charge in [-0.3, -0.25) is 9.36 Å². The Hall–Kier alpha value is -1.32. The van der Waals surface area contributed by atoms with E-state index in [1.807, 2.05) is 0 Å². The number of pyridine rings is 2. The molecule has 0 atom stereocenters. The average Bonchev–Trinajstić information content (AvgIpc) is 2.24. The van der Waals surface area contributed by atoms with Crippen LogP contribution in [-0.4, -0.2) is 9.55 Å². The highest BCUT2D eigenvalue weighted by atomic mass is 35.5. The summed E-state index contributed by atoms with van der Waals surface area (Å²) in [5, 5.41) is 0.557. The topological polar surface area (TPSA) is 34.9 Å². The van der Waals surface area contributed by atoms with Gasteiger partial charge < -0.3 is 0 Å². The van der Waals surface area contributed by atoms with E-state index in [0.717, 1.165) is 0 Å². The van der Waals surface area contributed by atoms with Crippen LogP contribution in [0.1, 0.15) is 0 Å². The zero-order valence-electron chi connectivity index (χ0n) is 7.52. The van der Waals surface area contributed by atoms with Gasteiger partial charge in [-0.1, -0.05) is 23.2 Å². The van der Waals surface area contributed by atoms with Crippen molar-refractivity contribution in [3.8, 4) is 5.69 Å². The minimum Gasteiger partial charge on any atom is -0.281 e. The maximum absolute atomic E-state index is 11.6. The summed E-state index contributed by atoms with van der Waals surface area (Å²) < 4.78 is 1.41. The van der Waals surface area contributed by atoms with Crippen molar-refractivity contribution in [1.29, 1.82) is 0 Å². The molecule has 0 N–H and O–H groups in total. The second-order valence-electron chi connectivity index (χ2n) is 2.87. The molecule has 0 saturated carbocycles. The van der Waals surface area contributed by atoms with Gasteiger partial charge in [0.1, 0.15) is 10.2 Å². The van der Waals surface area contributed by atoms with E-state index in [0.29, 0.717) is 10.8 Å². The van der Waals surface area contributed by atoms with Gasteiger partial charge in [-0.2, -0.15) is 0 Å². The minimum absolute atomic E-state index is 0.174. The molecule has 0 radical (unpaired) electrons. The van der Waals surface area contributed by atoms with Gasteiger partial charge in [-0.05, 0) is 24.3 Å². The Kier molecular flexibility index (Phi) is 2.75. The first-order valence-corrected chi connectivity index (χ1v) is 4.93. The molecular weight excluding hydrogens is 235 g/mol. The lowest BCUT2D eigenvalue weighted by molar-refractivity contribution is 0.979. The van der Waals surface area contributed by atoms with Gasteiger partial charge >= 0.3 is 0 Å². The first-order chi connectivity index (χ1) is 7.18. The lowest BCUT2D eigenvalue weighted by Crippen LogP contribution is -2.17. The summed E-state index contributed by atoms with van der Waals surface area (Å²) in [6, 6.07) is 6.55. The van der Waals surface area contributed by atoms with Crippen molar-refractivity contribution in [1.82, 2.24) is 9.55 Å². The van der Waals surface area contributed by atoms with Gasteiger partial charge in [0.05, 0.1) is 11.9 Å². The lowest BCUT2D eigenvalue weighted by Gasteiger charge is -2.04. The number of hydrogen-bond acceptors (Lipinski definition) is 2. The molecular formula is C10H6Cl2N2O. The van der Waals surface area contributed by atoms with Crippen LogP contribution < -0.4 is 5.56 Å². The van der Waals surface area contributed by atoms with E-state index in [4.69, 9.17) is 23.2 Å². The fraction of sp³-hybridized carbons (Fsp3) is 0. The van der Waals surface area contributed by atoms with E-state index < -0.39 is 0 Å². The molecule has 0 bridgehead atoms. The Labute approximate surface area is 95.9 Å². The third kappa shape index (κ3) is 2.03. The number of aromatic nitrogens is 2. The van der Waals surface area contributed by atoms with Crippen molar-refractivity contribution in [3.05, 3.63) is 57.2 Å². The van der Waals surface area contributed by atoms with E-state index in [1.54, 1.807) is 30.5 Å². The molecule has 0 aliphatic heterocycles. The molecule has 2 rings (SSSR count). The molecule has 0 aromatic carbocycles. The lowest BCUT2D eigenvalue weighted by atomic mass is 10.4. The Morgan fingerprint density at radius 2 is 2.00 bits per heavy atom. The zero-order valence-corrected chi connectivity index (χ0v) is 9.03. The normalized spacial score (nSPS) is 10.3. The van der Waals surface area contributed by atoms with Crippen LogP contribution in [0.15, 0.2) is 41.5 Å². The Morgan fingerprint density at radius 3 is 2.67 bits per heavy atom. The molecule has 0 fully saturated rings. The Bertz CT molecular complexity index is 534. The Morgan fingerprint density at radius 1 is 1.20 bits per heavy atom. The van der Waals surface area contributed by atoms with Crippen molar-refractivity contribution >= 4 is 23.2 Å². The summed E-state index contributed by atoms with van der Waals surface area (Å²) in [5.74, 6) is 0. The molecule has 15 heavy (non-hydrogen) atoms. The maximum atomic E-state index is 11.6. The number of hydrogen-bond donors (Lipinski definition) is 0. The van der Waals surface area contributed by atoms with E-state index in [1.165, 1.54) is 10.8 Å². The van der Waals surface area contributed by atoms with E-state index in [9.17, 15) is 4.79 Å². The molecule has 0 saturated heterocycles.